The first-order chi connectivity index (χ1) is 10.8. The molecule has 0 spiro atoms. The van der Waals surface area contributed by atoms with Gasteiger partial charge in [-0.05, 0) is 61.1 Å². The van der Waals surface area contributed by atoms with E-state index in [0.717, 1.165) is 12.3 Å². The van der Waals surface area contributed by atoms with Crippen molar-refractivity contribution in [1.82, 2.24) is 0 Å². The second-order valence-electron chi connectivity index (χ2n) is 7.23. The molecule has 1 nitrogen and oxygen atoms in total. The Hall–Kier alpha value is -1.24. The number of hydrogen-bond donors (Lipinski definition) is 1. The molecule has 1 N–H and O–H groups in total. The predicted octanol–water partition coefficient (Wildman–Crippen LogP) is 6.22. The molecule has 0 unspecified atom stereocenters. The zero-order valence-corrected chi connectivity index (χ0v) is 13.8. The van der Waals surface area contributed by atoms with Crippen LogP contribution < -0.4 is 0 Å². The van der Waals surface area contributed by atoms with Crippen LogP contribution >= 0.6 is 0 Å². The topological polar surface area (TPSA) is 20.2 Å². The number of phenolic OH excluding ortho intramolecular Hbond substituents is 1. The largest absolute Gasteiger partial charge is 0.508 e. The van der Waals surface area contributed by atoms with Crippen molar-refractivity contribution in [2.75, 3.05) is 0 Å². The summed E-state index contributed by atoms with van der Waals surface area (Å²) >= 11 is 0. The average Bonchev–Trinajstić information content (AvgIpc) is 2.58. The number of phenols is 1. The fourth-order valence-electron chi connectivity index (χ4n) is 4.67. The van der Waals surface area contributed by atoms with Gasteiger partial charge in [0, 0.05) is 5.56 Å². The summed E-state index contributed by atoms with van der Waals surface area (Å²) in [5.74, 6) is 1.86. The van der Waals surface area contributed by atoms with Crippen molar-refractivity contribution in [2.45, 2.75) is 82.5 Å². The highest BCUT2D eigenvalue weighted by molar-refractivity contribution is 5.49. The summed E-state index contributed by atoms with van der Waals surface area (Å²) in [6.07, 6.45) is 16.2. The molecule has 0 atom stereocenters. The van der Waals surface area contributed by atoms with E-state index in [4.69, 9.17) is 0 Å². The smallest absolute Gasteiger partial charge is 0.119 e. The van der Waals surface area contributed by atoms with Crippen molar-refractivity contribution in [3.8, 4) is 5.75 Å². The molecule has 0 amide bonds. The lowest BCUT2D eigenvalue weighted by Gasteiger charge is -2.31. The fraction of sp³-hybridized carbons (Fsp3) is 0.619. The molecule has 2 saturated carbocycles. The number of aromatic hydroxyl groups is 1. The van der Waals surface area contributed by atoms with E-state index >= 15 is 0 Å². The molecular weight excluding hydrogens is 268 g/mol. The van der Waals surface area contributed by atoms with E-state index in [1.807, 2.05) is 12.1 Å². The fourth-order valence-corrected chi connectivity index (χ4v) is 4.67. The first-order valence-electron chi connectivity index (χ1n) is 9.26. The quantitative estimate of drug-likeness (QED) is 0.654. The van der Waals surface area contributed by atoms with Crippen LogP contribution in [-0.4, -0.2) is 5.11 Å². The monoisotopic (exact) mass is 298 g/mol. The molecule has 2 fully saturated rings. The van der Waals surface area contributed by atoms with Crippen LogP contribution in [0.25, 0.3) is 0 Å². The van der Waals surface area contributed by atoms with E-state index < -0.39 is 0 Å². The Labute approximate surface area is 135 Å². The van der Waals surface area contributed by atoms with Crippen molar-refractivity contribution in [3.63, 3.8) is 0 Å². The second kappa shape index (κ2) is 7.35. The molecule has 0 radical (unpaired) electrons. The Balaban J connectivity index is 2.02. The molecule has 1 aromatic carbocycles. The summed E-state index contributed by atoms with van der Waals surface area (Å²) in [4.78, 5) is 0. The third kappa shape index (κ3) is 3.24. The van der Waals surface area contributed by atoms with Gasteiger partial charge in [0.2, 0.25) is 0 Å². The van der Waals surface area contributed by atoms with Gasteiger partial charge in [-0.1, -0.05) is 50.7 Å². The van der Waals surface area contributed by atoms with Gasteiger partial charge in [-0.2, -0.15) is 0 Å². The Kier molecular flexibility index (Phi) is 5.23. The first-order valence-corrected chi connectivity index (χ1v) is 9.26. The van der Waals surface area contributed by atoms with E-state index in [1.54, 1.807) is 5.56 Å². The van der Waals surface area contributed by atoms with E-state index in [2.05, 4.69) is 12.6 Å². The van der Waals surface area contributed by atoms with Crippen LogP contribution in [0.3, 0.4) is 0 Å². The Bertz CT molecular complexity index is 505. The molecule has 120 valence electrons. The highest BCUT2D eigenvalue weighted by Crippen LogP contribution is 2.44. The summed E-state index contributed by atoms with van der Waals surface area (Å²) in [5.41, 5.74) is 4.23. The van der Waals surface area contributed by atoms with E-state index in [-0.39, 0.29) is 0 Å². The minimum absolute atomic E-state index is 0.486. The molecule has 1 heteroatoms. The zero-order valence-electron chi connectivity index (χ0n) is 13.8. The van der Waals surface area contributed by atoms with Crippen LogP contribution in [0.4, 0.5) is 0 Å². The Morgan fingerprint density at radius 1 is 0.909 bits per heavy atom. The van der Waals surface area contributed by atoms with Crippen molar-refractivity contribution >= 4 is 0 Å². The molecule has 1 aromatic rings. The summed E-state index contributed by atoms with van der Waals surface area (Å²) < 4.78 is 0. The van der Waals surface area contributed by atoms with Gasteiger partial charge in [0.1, 0.15) is 5.75 Å². The van der Waals surface area contributed by atoms with Crippen molar-refractivity contribution < 1.29 is 5.11 Å². The van der Waals surface area contributed by atoms with Crippen LogP contribution in [0, 0.1) is 0 Å². The standard InChI is InChI=1S/C21H30O/c1-2-9-19-20(22)15-14-18(16-10-5-3-6-11-16)21(19)17-12-7-4-8-13-17/h2,14-17,22H,1,3-13H2. The molecule has 2 aliphatic carbocycles. The normalized spacial score (nSPS) is 20.9. The molecule has 3 rings (SSSR count). The first kappa shape index (κ1) is 15.6. The van der Waals surface area contributed by atoms with E-state index in [1.165, 1.54) is 75.3 Å². The lowest BCUT2D eigenvalue weighted by molar-refractivity contribution is 0.412. The summed E-state index contributed by atoms with van der Waals surface area (Å²) in [5, 5.41) is 10.4. The van der Waals surface area contributed by atoms with Crippen molar-refractivity contribution in [2.24, 2.45) is 0 Å². The number of rotatable bonds is 4. The summed E-state index contributed by atoms with van der Waals surface area (Å²) in [6, 6.07) is 4.18. The van der Waals surface area contributed by atoms with Gasteiger partial charge in [-0.3, -0.25) is 0 Å². The number of hydrogen-bond acceptors (Lipinski definition) is 1. The highest BCUT2D eigenvalue weighted by Gasteiger charge is 2.27. The molecule has 0 saturated heterocycles. The third-order valence-electron chi connectivity index (χ3n) is 5.77. The second-order valence-corrected chi connectivity index (χ2v) is 7.23. The van der Waals surface area contributed by atoms with Gasteiger partial charge in [0.05, 0.1) is 0 Å². The van der Waals surface area contributed by atoms with Crippen LogP contribution in [0.5, 0.6) is 5.75 Å². The minimum atomic E-state index is 0.486. The van der Waals surface area contributed by atoms with Crippen molar-refractivity contribution in [3.05, 3.63) is 41.5 Å². The molecular formula is C21H30O. The maximum absolute atomic E-state index is 10.4. The van der Waals surface area contributed by atoms with Crippen molar-refractivity contribution in [1.29, 1.82) is 0 Å². The third-order valence-corrected chi connectivity index (χ3v) is 5.77. The van der Waals surface area contributed by atoms with E-state index in [9.17, 15) is 5.11 Å². The lowest BCUT2D eigenvalue weighted by atomic mass is 9.74. The van der Waals surface area contributed by atoms with Gasteiger partial charge in [0.15, 0.2) is 0 Å². The maximum atomic E-state index is 10.4. The maximum Gasteiger partial charge on any atom is 0.119 e. The van der Waals surface area contributed by atoms with Gasteiger partial charge >= 0.3 is 0 Å². The van der Waals surface area contributed by atoms with E-state index in [0.29, 0.717) is 11.7 Å². The number of benzene rings is 1. The van der Waals surface area contributed by atoms with Crippen LogP contribution in [0.15, 0.2) is 24.8 Å². The van der Waals surface area contributed by atoms with Gasteiger partial charge < -0.3 is 5.11 Å². The zero-order chi connectivity index (χ0) is 15.4. The molecule has 22 heavy (non-hydrogen) atoms. The summed E-state index contributed by atoms with van der Waals surface area (Å²) in [6.45, 7) is 3.91. The predicted molar refractivity (Wildman–Crippen MR) is 93.7 cm³/mol. The van der Waals surface area contributed by atoms with Crippen LogP contribution in [0.1, 0.15) is 92.7 Å². The summed E-state index contributed by atoms with van der Waals surface area (Å²) in [7, 11) is 0. The van der Waals surface area contributed by atoms with Gasteiger partial charge in [-0.25, -0.2) is 0 Å². The molecule has 0 heterocycles. The number of allylic oxidation sites excluding steroid dienone is 1. The molecule has 2 aliphatic rings. The SMILES string of the molecule is C=CCc1c(O)ccc(C2CCCCC2)c1C1CCCCC1. The van der Waals surface area contributed by atoms with Gasteiger partial charge in [-0.15, -0.1) is 6.58 Å². The molecule has 0 aromatic heterocycles. The average molecular weight is 298 g/mol. The molecule has 0 aliphatic heterocycles. The van der Waals surface area contributed by atoms with Crippen LogP contribution in [-0.2, 0) is 6.42 Å². The minimum Gasteiger partial charge on any atom is -0.508 e. The van der Waals surface area contributed by atoms with Gasteiger partial charge in [0.25, 0.3) is 0 Å². The Morgan fingerprint density at radius 2 is 1.50 bits per heavy atom. The van der Waals surface area contributed by atoms with Crippen LogP contribution in [0.2, 0.25) is 0 Å². The Morgan fingerprint density at radius 3 is 2.09 bits per heavy atom. The molecule has 0 bridgehead atoms. The lowest BCUT2D eigenvalue weighted by Crippen LogP contribution is -2.14. The highest BCUT2D eigenvalue weighted by atomic mass is 16.3.